The molecule has 1 heterocycles. The Kier molecular flexibility index (Phi) is 4.75. The number of nitrogens with one attached hydrogen (secondary N) is 1. The van der Waals surface area contributed by atoms with Crippen LogP contribution in [0.2, 0.25) is 0 Å². The van der Waals surface area contributed by atoms with Gasteiger partial charge in [0.2, 0.25) is 0 Å². The summed E-state index contributed by atoms with van der Waals surface area (Å²) in [5.74, 6) is -1.46. The van der Waals surface area contributed by atoms with Crippen LogP contribution in [0.1, 0.15) is 21.6 Å². The van der Waals surface area contributed by atoms with Gasteiger partial charge >= 0.3 is 5.69 Å². The summed E-state index contributed by atoms with van der Waals surface area (Å²) in [5, 5.41) is 24.5. The Morgan fingerprint density at radius 2 is 2.07 bits per heavy atom. The van der Waals surface area contributed by atoms with Crippen LogP contribution >= 0.6 is 0 Å². The molecule has 0 saturated heterocycles. The van der Waals surface area contributed by atoms with Crippen molar-refractivity contribution in [3.63, 3.8) is 0 Å². The summed E-state index contributed by atoms with van der Waals surface area (Å²) in [4.78, 5) is 26.6. The van der Waals surface area contributed by atoms with Gasteiger partial charge < -0.3 is 5.11 Å². The molecule has 8 nitrogen and oxygen atoms in total. The summed E-state index contributed by atoms with van der Waals surface area (Å²) in [7, 11) is 0. The van der Waals surface area contributed by atoms with E-state index in [1.807, 2.05) is 0 Å². The number of amides is 1. The fourth-order valence-electron chi connectivity index (χ4n) is 2.47. The van der Waals surface area contributed by atoms with Gasteiger partial charge in [-0.3, -0.25) is 19.9 Å². The first-order valence-electron chi connectivity index (χ1n) is 7.73. The standard InChI is InChI=1S/C18H13FN4O4/c1-10-14(8-12-7-13(19)3-4-15(12)21-10)18(25)22-20-9-11-2-5-17(24)16(6-11)23(26)27/h2-9,24H,1H3,(H,22,25). The van der Waals surface area contributed by atoms with E-state index < -0.39 is 28.1 Å². The van der Waals surface area contributed by atoms with E-state index in [1.54, 1.807) is 6.92 Å². The van der Waals surface area contributed by atoms with Crippen molar-refractivity contribution < 1.29 is 19.2 Å². The minimum absolute atomic E-state index is 0.224. The number of hydrazone groups is 1. The van der Waals surface area contributed by atoms with Crippen molar-refractivity contribution >= 4 is 28.7 Å². The predicted molar refractivity (Wildman–Crippen MR) is 96.3 cm³/mol. The molecule has 3 aromatic rings. The lowest BCUT2D eigenvalue weighted by Crippen LogP contribution is -2.19. The molecule has 0 unspecified atom stereocenters. The van der Waals surface area contributed by atoms with Gasteiger partial charge in [-0.1, -0.05) is 0 Å². The molecule has 9 heteroatoms. The van der Waals surface area contributed by atoms with Crippen LogP contribution in [0.4, 0.5) is 10.1 Å². The zero-order valence-electron chi connectivity index (χ0n) is 14.0. The summed E-state index contributed by atoms with van der Waals surface area (Å²) in [6, 6.07) is 9.28. The fourth-order valence-corrected chi connectivity index (χ4v) is 2.47. The summed E-state index contributed by atoms with van der Waals surface area (Å²) in [6.07, 6.45) is 1.20. The minimum atomic E-state index is -0.728. The van der Waals surface area contributed by atoms with E-state index in [0.29, 0.717) is 22.2 Å². The highest BCUT2D eigenvalue weighted by molar-refractivity contribution is 5.99. The fraction of sp³-hybridized carbons (Fsp3) is 0.0556. The van der Waals surface area contributed by atoms with Gasteiger partial charge in [0.25, 0.3) is 5.91 Å². The van der Waals surface area contributed by atoms with E-state index in [1.165, 1.54) is 36.5 Å². The highest BCUT2D eigenvalue weighted by atomic mass is 19.1. The number of carbonyl (C=O) groups excluding carboxylic acids is 1. The number of phenolic OH excluding ortho intramolecular Hbond substituents is 1. The van der Waals surface area contributed by atoms with Crippen LogP contribution in [0, 0.1) is 22.9 Å². The number of nitro groups is 1. The molecule has 2 aromatic carbocycles. The molecule has 0 saturated carbocycles. The Balaban J connectivity index is 1.81. The maximum atomic E-state index is 13.4. The lowest BCUT2D eigenvalue weighted by atomic mass is 10.1. The van der Waals surface area contributed by atoms with Gasteiger partial charge in [-0.05, 0) is 43.3 Å². The molecule has 0 atom stereocenters. The molecule has 27 heavy (non-hydrogen) atoms. The molecular formula is C18H13FN4O4. The first kappa shape index (κ1) is 17.9. The van der Waals surface area contributed by atoms with Crippen molar-refractivity contribution in [1.82, 2.24) is 10.4 Å². The van der Waals surface area contributed by atoms with Gasteiger partial charge in [0.15, 0.2) is 5.75 Å². The molecule has 0 fully saturated rings. The van der Waals surface area contributed by atoms with Crippen molar-refractivity contribution in [1.29, 1.82) is 0 Å². The van der Waals surface area contributed by atoms with Crippen LogP contribution in [0.15, 0.2) is 47.6 Å². The summed E-state index contributed by atoms with van der Waals surface area (Å²) < 4.78 is 13.4. The number of hydrogen-bond donors (Lipinski definition) is 2. The Labute approximate surface area is 152 Å². The van der Waals surface area contributed by atoms with Gasteiger partial charge in [0, 0.05) is 17.0 Å². The van der Waals surface area contributed by atoms with Gasteiger partial charge in [0.1, 0.15) is 5.82 Å². The number of pyridine rings is 1. The first-order valence-corrected chi connectivity index (χ1v) is 7.73. The Bertz CT molecular complexity index is 1100. The second-order valence-corrected chi connectivity index (χ2v) is 5.66. The number of benzene rings is 2. The van der Waals surface area contributed by atoms with Crippen molar-refractivity contribution in [2.45, 2.75) is 6.92 Å². The van der Waals surface area contributed by atoms with Crippen LogP contribution in [0.3, 0.4) is 0 Å². The molecule has 0 aliphatic carbocycles. The summed E-state index contributed by atoms with van der Waals surface area (Å²) in [5.41, 5.74) is 3.37. The number of phenols is 1. The van der Waals surface area contributed by atoms with Crippen LogP contribution in [0.5, 0.6) is 5.75 Å². The van der Waals surface area contributed by atoms with Crippen molar-refractivity contribution in [2.24, 2.45) is 5.10 Å². The summed E-state index contributed by atoms with van der Waals surface area (Å²) in [6.45, 7) is 1.64. The molecule has 2 N–H and O–H groups in total. The Morgan fingerprint density at radius 1 is 1.30 bits per heavy atom. The monoisotopic (exact) mass is 368 g/mol. The third-order valence-electron chi connectivity index (χ3n) is 3.79. The molecular weight excluding hydrogens is 355 g/mol. The maximum Gasteiger partial charge on any atom is 0.311 e. The normalized spacial score (nSPS) is 11.0. The molecule has 0 bridgehead atoms. The lowest BCUT2D eigenvalue weighted by molar-refractivity contribution is -0.385. The largest absolute Gasteiger partial charge is 0.502 e. The van der Waals surface area contributed by atoms with Gasteiger partial charge in [-0.15, -0.1) is 0 Å². The number of halogens is 1. The predicted octanol–water partition coefficient (Wildman–Crippen LogP) is 3.06. The molecule has 1 aromatic heterocycles. The number of nitrogens with zero attached hydrogens (tertiary/aromatic N) is 3. The first-order chi connectivity index (χ1) is 12.8. The lowest BCUT2D eigenvalue weighted by Gasteiger charge is -2.06. The third kappa shape index (κ3) is 3.87. The molecule has 0 aliphatic heterocycles. The number of nitro benzene ring substituents is 1. The second-order valence-electron chi connectivity index (χ2n) is 5.66. The van der Waals surface area contributed by atoms with Crippen LogP contribution in [0.25, 0.3) is 10.9 Å². The zero-order chi connectivity index (χ0) is 19.6. The average Bonchev–Trinajstić information content (AvgIpc) is 2.62. The summed E-state index contributed by atoms with van der Waals surface area (Å²) >= 11 is 0. The smallest absolute Gasteiger partial charge is 0.311 e. The Morgan fingerprint density at radius 3 is 2.81 bits per heavy atom. The molecule has 1 amide bonds. The highest BCUT2D eigenvalue weighted by Crippen LogP contribution is 2.25. The SMILES string of the molecule is Cc1nc2ccc(F)cc2cc1C(=O)NN=Cc1ccc(O)c([N+](=O)[O-])c1. The average molecular weight is 368 g/mol. The maximum absolute atomic E-state index is 13.4. The van der Waals surface area contributed by atoms with E-state index >= 15 is 0 Å². The number of aromatic nitrogens is 1. The van der Waals surface area contributed by atoms with Crippen LogP contribution in [-0.2, 0) is 0 Å². The molecule has 136 valence electrons. The van der Waals surface area contributed by atoms with Crippen molar-refractivity contribution in [2.75, 3.05) is 0 Å². The number of rotatable bonds is 4. The second kappa shape index (κ2) is 7.16. The van der Waals surface area contributed by atoms with Crippen LogP contribution in [-0.4, -0.2) is 27.1 Å². The highest BCUT2D eigenvalue weighted by Gasteiger charge is 2.14. The number of hydrogen-bond acceptors (Lipinski definition) is 6. The minimum Gasteiger partial charge on any atom is -0.502 e. The molecule has 0 radical (unpaired) electrons. The number of aromatic hydroxyl groups is 1. The number of carbonyl (C=O) groups is 1. The van der Waals surface area contributed by atoms with E-state index in [2.05, 4.69) is 15.5 Å². The molecule has 3 rings (SSSR count). The molecule has 0 spiro atoms. The van der Waals surface area contributed by atoms with Gasteiger partial charge in [-0.2, -0.15) is 5.10 Å². The third-order valence-corrected chi connectivity index (χ3v) is 3.79. The quantitative estimate of drug-likeness (QED) is 0.417. The van der Waals surface area contributed by atoms with Crippen molar-refractivity contribution in [3.05, 3.63) is 75.2 Å². The van der Waals surface area contributed by atoms with E-state index in [9.17, 15) is 24.4 Å². The van der Waals surface area contributed by atoms with Gasteiger partial charge in [-0.25, -0.2) is 9.82 Å². The van der Waals surface area contributed by atoms with Gasteiger partial charge in [0.05, 0.1) is 27.9 Å². The molecule has 0 aliphatic rings. The van der Waals surface area contributed by atoms with Crippen LogP contribution < -0.4 is 5.43 Å². The number of fused-ring (bicyclic) bond motifs is 1. The zero-order valence-corrected chi connectivity index (χ0v) is 14.0. The Hall–Kier alpha value is -3.88. The van der Waals surface area contributed by atoms with Crippen molar-refractivity contribution in [3.8, 4) is 5.75 Å². The number of aryl methyl sites for hydroxylation is 1. The van der Waals surface area contributed by atoms with E-state index in [0.717, 1.165) is 12.1 Å². The van der Waals surface area contributed by atoms with E-state index in [4.69, 9.17) is 0 Å². The van der Waals surface area contributed by atoms with E-state index in [-0.39, 0.29) is 5.56 Å². The topological polar surface area (TPSA) is 118 Å².